The van der Waals surface area contributed by atoms with Gasteiger partial charge in [0.25, 0.3) is 0 Å². The summed E-state index contributed by atoms with van der Waals surface area (Å²) in [5.41, 5.74) is 0. The summed E-state index contributed by atoms with van der Waals surface area (Å²) in [7, 11) is 0. The minimum atomic E-state index is -0.175. The van der Waals surface area contributed by atoms with Crippen LogP contribution in [0.1, 0.15) is 46.0 Å². The van der Waals surface area contributed by atoms with Crippen molar-refractivity contribution in [1.82, 2.24) is 0 Å². The number of hydrogen-bond donors (Lipinski definition) is 0. The Hall–Kier alpha value is -0.810. The third-order valence-electron chi connectivity index (χ3n) is 2.85. The van der Waals surface area contributed by atoms with Crippen molar-refractivity contribution in [3.05, 3.63) is 0 Å². The molecule has 2 atom stereocenters. The molecule has 1 fully saturated rings. The Kier molecular flexibility index (Phi) is 5.42. The third kappa shape index (κ3) is 3.68. The summed E-state index contributed by atoms with van der Waals surface area (Å²) in [6.07, 6.45) is 4.81. The van der Waals surface area contributed by atoms with Crippen LogP contribution in [0.4, 0.5) is 0 Å². The molecule has 0 aromatic rings. The Labute approximate surface area is 92.4 Å². The van der Waals surface area contributed by atoms with E-state index in [4.69, 9.17) is 4.74 Å². The van der Waals surface area contributed by atoms with Gasteiger partial charge < -0.3 is 4.74 Å². The molecule has 2 nitrogen and oxygen atoms in total. The van der Waals surface area contributed by atoms with Crippen LogP contribution in [0.25, 0.3) is 0 Å². The molecule has 2 unspecified atom stereocenters. The van der Waals surface area contributed by atoms with Crippen LogP contribution in [0.15, 0.2) is 0 Å². The SMILES string of the molecule is CC#CC(OCC)C1CCCCCC1=O. The summed E-state index contributed by atoms with van der Waals surface area (Å²) in [6.45, 7) is 4.38. The highest BCUT2D eigenvalue weighted by atomic mass is 16.5. The highest BCUT2D eigenvalue weighted by Gasteiger charge is 2.28. The van der Waals surface area contributed by atoms with E-state index in [0.717, 1.165) is 19.3 Å². The highest BCUT2D eigenvalue weighted by Crippen LogP contribution is 2.24. The van der Waals surface area contributed by atoms with E-state index in [-0.39, 0.29) is 12.0 Å². The largest absolute Gasteiger partial charge is 0.365 e. The lowest BCUT2D eigenvalue weighted by Crippen LogP contribution is -2.29. The summed E-state index contributed by atoms with van der Waals surface area (Å²) in [6, 6.07) is 0. The van der Waals surface area contributed by atoms with Gasteiger partial charge in [-0.15, -0.1) is 5.92 Å². The third-order valence-corrected chi connectivity index (χ3v) is 2.85. The number of rotatable bonds is 3. The zero-order chi connectivity index (χ0) is 11.1. The first-order chi connectivity index (χ1) is 7.29. The van der Waals surface area contributed by atoms with Crippen molar-refractivity contribution in [2.24, 2.45) is 5.92 Å². The van der Waals surface area contributed by atoms with Gasteiger partial charge in [-0.3, -0.25) is 4.79 Å². The van der Waals surface area contributed by atoms with E-state index in [9.17, 15) is 4.79 Å². The van der Waals surface area contributed by atoms with Gasteiger partial charge in [-0.05, 0) is 26.7 Å². The predicted octanol–water partition coefficient (Wildman–Crippen LogP) is 2.56. The Morgan fingerprint density at radius 3 is 2.93 bits per heavy atom. The molecule has 1 aliphatic carbocycles. The van der Waals surface area contributed by atoms with Crippen molar-refractivity contribution in [1.29, 1.82) is 0 Å². The van der Waals surface area contributed by atoms with E-state index < -0.39 is 0 Å². The van der Waals surface area contributed by atoms with Gasteiger partial charge in [0.05, 0.1) is 5.92 Å². The van der Waals surface area contributed by atoms with E-state index in [2.05, 4.69) is 11.8 Å². The van der Waals surface area contributed by atoms with Gasteiger partial charge in [0.15, 0.2) is 0 Å². The first-order valence-corrected chi connectivity index (χ1v) is 5.86. The highest BCUT2D eigenvalue weighted by molar-refractivity contribution is 5.82. The van der Waals surface area contributed by atoms with Crippen molar-refractivity contribution >= 4 is 5.78 Å². The van der Waals surface area contributed by atoms with E-state index in [1.807, 2.05) is 6.92 Å². The first-order valence-electron chi connectivity index (χ1n) is 5.86. The van der Waals surface area contributed by atoms with Crippen LogP contribution in [-0.2, 0) is 9.53 Å². The number of hydrogen-bond acceptors (Lipinski definition) is 2. The molecule has 15 heavy (non-hydrogen) atoms. The molecule has 0 aromatic carbocycles. The molecule has 0 aromatic heterocycles. The second kappa shape index (κ2) is 6.63. The molecule has 84 valence electrons. The van der Waals surface area contributed by atoms with Crippen molar-refractivity contribution in [2.75, 3.05) is 6.61 Å². The maximum absolute atomic E-state index is 11.9. The fourth-order valence-electron chi connectivity index (χ4n) is 2.09. The quantitative estimate of drug-likeness (QED) is 0.526. The van der Waals surface area contributed by atoms with Gasteiger partial charge in [-0.25, -0.2) is 0 Å². The molecule has 2 heteroatoms. The van der Waals surface area contributed by atoms with Gasteiger partial charge in [0, 0.05) is 13.0 Å². The summed E-state index contributed by atoms with van der Waals surface area (Å²) < 4.78 is 5.55. The van der Waals surface area contributed by atoms with Crippen LogP contribution in [-0.4, -0.2) is 18.5 Å². The Morgan fingerprint density at radius 2 is 2.27 bits per heavy atom. The monoisotopic (exact) mass is 208 g/mol. The molecule has 1 saturated carbocycles. The lowest BCUT2D eigenvalue weighted by atomic mass is 9.93. The van der Waals surface area contributed by atoms with Crippen molar-refractivity contribution in [3.63, 3.8) is 0 Å². The zero-order valence-corrected chi connectivity index (χ0v) is 9.71. The molecule has 0 bridgehead atoms. The molecular formula is C13H20O2. The summed E-state index contributed by atoms with van der Waals surface area (Å²) in [5.74, 6) is 6.24. The smallest absolute Gasteiger partial charge is 0.139 e. The lowest BCUT2D eigenvalue weighted by Gasteiger charge is -2.20. The van der Waals surface area contributed by atoms with Gasteiger partial charge in [0.2, 0.25) is 0 Å². The van der Waals surface area contributed by atoms with Crippen LogP contribution >= 0.6 is 0 Å². The number of ketones is 1. The van der Waals surface area contributed by atoms with Gasteiger partial charge in [-0.1, -0.05) is 18.8 Å². The van der Waals surface area contributed by atoms with Gasteiger partial charge >= 0.3 is 0 Å². The molecule has 0 saturated heterocycles. The molecule has 0 heterocycles. The standard InChI is InChI=1S/C13H20O2/c1-3-8-13(15-4-2)11-9-6-5-7-10-12(11)14/h11,13H,4-7,9-10H2,1-2H3. The normalized spacial score (nSPS) is 23.9. The van der Waals surface area contributed by atoms with Crippen LogP contribution in [0.5, 0.6) is 0 Å². The average Bonchev–Trinajstić information content (AvgIpc) is 2.43. The summed E-state index contributed by atoms with van der Waals surface area (Å²) in [5, 5.41) is 0. The molecular weight excluding hydrogens is 188 g/mol. The molecule has 1 rings (SSSR count). The van der Waals surface area contributed by atoms with Crippen LogP contribution in [0.2, 0.25) is 0 Å². The lowest BCUT2D eigenvalue weighted by molar-refractivity contribution is -0.126. The molecule has 0 N–H and O–H groups in total. The molecule has 0 aliphatic heterocycles. The van der Waals surface area contributed by atoms with Crippen LogP contribution < -0.4 is 0 Å². The fraction of sp³-hybridized carbons (Fsp3) is 0.769. The second-order valence-electron chi connectivity index (χ2n) is 3.94. The van der Waals surface area contributed by atoms with E-state index in [0.29, 0.717) is 18.8 Å². The van der Waals surface area contributed by atoms with Crippen LogP contribution in [0, 0.1) is 17.8 Å². The topological polar surface area (TPSA) is 26.3 Å². The number of carbonyl (C=O) groups excluding carboxylic acids is 1. The Balaban J connectivity index is 2.68. The maximum Gasteiger partial charge on any atom is 0.139 e. The van der Waals surface area contributed by atoms with Crippen LogP contribution in [0.3, 0.4) is 0 Å². The van der Waals surface area contributed by atoms with Crippen molar-refractivity contribution in [2.45, 2.75) is 52.1 Å². The molecule has 0 radical (unpaired) electrons. The van der Waals surface area contributed by atoms with E-state index in [1.54, 1.807) is 6.92 Å². The van der Waals surface area contributed by atoms with Gasteiger partial charge in [-0.2, -0.15) is 0 Å². The van der Waals surface area contributed by atoms with E-state index in [1.165, 1.54) is 6.42 Å². The minimum Gasteiger partial charge on any atom is -0.365 e. The van der Waals surface area contributed by atoms with E-state index >= 15 is 0 Å². The zero-order valence-electron chi connectivity index (χ0n) is 9.71. The molecule has 0 spiro atoms. The minimum absolute atomic E-state index is 0.0138. The second-order valence-corrected chi connectivity index (χ2v) is 3.94. The Bertz CT molecular complexity index is 259. The number of ether oxygens (including phenoxy) is 1. The fourth-order valence-corrected chi connectivity index (χ4v) is 2.09. The van der Waals surface area contributed by atoms with Crippen molar-refractivity contribution < 1.29 is 9.53 Å². The Morgan fingerprint density at radius 1 is 1.47 bits per heavy atom. The van der Waals surface area contributed by atoms with Crippen molar-refractivity contribution in [3.8, 4) is 11.8 Å². The summed E-state index contributed by atoms with van der Waals surface area (Å²) >= 11 is 0. The molecule has 0 amide bonds. The summed E-state index contributed by atoms with van der Waals surface area (Å²) in [4.78, 5) is 11.9. The molecule has 1 aliphatic rings. The average molecular weight is 208 g/mol. The van der Waals surface area contributed by atoms with Gasteiger partial charge in [0.1, 0.15) is 11.9 Å². The predicted molar refractivity (Wildman–Crippen MR) is 60.4 cm³/mol. The number of carbonyl (C=O) groups is 1. The first kappa shape index (κ1) is 12.3. The maximum atomic E-state index is 11.9. The number of Topliss-reactive ketones (excluding diaryl/α,β-unsaturated/α-hetero) is 1.